The summed E-state index contributed by atoms with van der Waals surface area (Å²) in [5.74, 6) is -2.84. The second kappa shape index (κ2) is 30.0. The summed E-state index contributed by atoms with van der Waals surface area (Å²) in [6, 6.07) is 11.6. The summed E-state index contributed by atoms with van der Waals surface area (Å²) in [7, 11) is -1.96. The van der Waals surface area contributed by atoms with Crippen molar-refractivity contribution < 1.29 is 60.4 Å². The van der Waals surface area contributed by atoms with Crippen LogP contribution in [0, 0.1) is 24.0 Å². The maximum absolute atomic E-state index is 16.1. The molecule has 2 aromatic carbocycles. The summed E-state index contributed by atoms with van der Waals surface area (Å²) >= 11 is 1.56. The molecule has 2 fully saturated rings. The molecule has 6 aromatic rings. The number of likely N-dealkylation sites (tertiary alicyclic amines) is 2. The second-order valence-corrected chi connectivity index (χ2v) is 25.1. The van der Waals surface area contributed by atoms with Crippen LogP contribution in [0.4, 0.5) is 20.3 Å². The number of aliphatic hydroxyl groups excluding tert-OH is 1. The minimum absolute atomic E-state index is 0.00539. The van der Waals surface area contributed by atoms with Crippen LogP contribution in [0.15, 0.2) is 79.0 Å². The third-order valence-electron chi connectivity index (χ3n) is 15.0. The number of halogens is 2. The van der Waals surface area contributed by atoms with Crippen molar-refractivity contribution >= 4 is 67.5 Å². The van der Waals surface area contributed by atoms with E-state index in [1.807, 2.05) is 68.8 Å². The smallest absolute Gasteiger partial charge is 0.246 e. The van der Waals surface area contributed by atoms with Gasteiger partial charge in [0.05, 0.1) is 104 Å². The predicted octanol–water partition coefficient (Wildman–Crippen LogP) is 6.43. The highest BCUT2D eigenvalue weighted by molar-refractivity contribution is 7.92. The van der Waals surface area contributed by atoms with E-state index in [2.05, 4.69) is 30.3 Å². The minimum atomic E-state index is -3.88. The molecule has 4 aromatic heterocycles. The number of pyridine rings is 1. The molecule has 8 rings (SSSR count). The molecule has 0 radical (unpaired) electrons. The van der Waals surface area contributed by atoms with E-state index in [0.29, 0.717) is 86.8 Å². The molecule has 0 aliphatic carbocycles. The number of aliphatic hydroxyl groups is 1. The van der Waals surface area contributed by atoms with Gasteiger partial charge in [0.2, 0.25) is 33.7 Å². The van der Waals surface area contributed by atoms with Crippen LogP contribution in [0.5, 0.6) is 0 Å². The Morgan fingerprint density at radius 1 is 0.872 bits per heavy atom. The number of nitrogens with zero attached hydrogens (tertiary/aromatic N) is 8. The average molecular weight is 1230 g/mol. The molecule has 4 N–H and O–H groups in total. The van der Waals surface area contributed by atoms with Crippen molar-refractivity contribution in [3.8, 4) is 27.3 Å². The molecule has 26 heteroatoms. The van der Waals surface area contributed by atoms with Crippen LogP contribution < -0.4 is 20.3 Å². The van der Waals surface area contributed by atoms with Crippen LogP contribution in [-0.2, 0) is 54.7 Å². The highest BCUT2D eigenvalue weighted by atomic mass is 32.2. The Balaban J connectivity index is 0.686. The lowest BCUT2D eigenvalue weighted by Crippen LogP contribution is -2.57. The standard InChI is InChI=1S/C60H77F2N11O11S2/c1-7-30-86(79,80)69-47-13-12-46(61)55(53(47)62)72-36-45(42-33-63-37-64-34-42)54-48(72)14-15-50(67-54)70(6)43-16-20-71(21-17-43)52(76)19-23-82-25-27-84-29-28-83-26-24-81-22-18-51(75)68-57(60(3,4)5)59(78)73-35-44(74)31-49(73)58(77)65-32-40-8-10-41(11-9-40)56-39(2)66-38-85-56/h8-15,33-34,36-38,43-44,49,57,69,74H,7,16-32,35H2,1-6H3,(H,65,77)(H,68,75). The molecule has 6 heterocycles. The summed E-state index contributed by atoms with van der Waals surface area (Å²) < 4.78 is 82.9. The van der Waals surface area contributed by atoms with E-state index in [1.54, 1.807) is 48.3 Å². The summed E-state index contributed by atoms with van der Waals surface area (Å²) in [6.45, 7) is 12.5. The maximum atomic E-state index is 16.1. The number of nitrogens with one attached hydrogen (secondary N) is 3. The largest absolute Gasteiger partial charge is 0.391 e. The highest BCUT2D eigenvalue weighted by Crippen LogP contribution is 2.37. The number of aryl methyl sites for hydroxylation is 1. The number of fused-ring (bicyclic) bond motifs is 1. The average Bonchev–Trinajstić information content (AvgIpc) is 4.42. The monoisotopic (exact) mass is 1230 g/mol. The Morgan fingerprint density at radius 3 is 2.15 bits per heavy atom. The molecule has 2 aliphatic heterocycles. The summed E-state index contributed by atoms with van der Waals surface area (Å²) in [5, 5.41) is 16.3. The lowest BCUT2D eigenvalue weighted by atomic mass is 9.85. The van der Waals surface area contributed by atoms with Crippen LogP contribution in [-0.4, -0.2) is 181 Å². The minimum Gasteiger partial charge on any atom is -0.391 e. The van der Waals surface area contributed by atoms with Crippen LogP contribution in [0.3, 0.4) is 0 Å². The summed E-state index contributed by atoms with van der Waals surface area (Å²) in [5.41, 5.74) is 4.98. The van der Waals surface area contributed by atoms with Gasteiger partial charge in [0.25, 0.3) is 0 Å². The number of benzene rings is 2. The molecule has 0 saturated carbocycles. The second-order valence-electron chi connectivity index (χ2n) is 22.4. The molecular weight excluding hydrogens is 1150 g/mol. The molecule has 0 spiro atoms. The number of rotatable bonds is 29. The first-order chi connectivity index (χ1) is 41.2. The van der Waals surface area contributed by atoms with Crippen molar-refractivity contribution in [2.45, 2.75) is 104 Å². The molecule has 0 bridgehead atoms. The Kier molecular flexibility index (Phi) is 22.7. The van der Waals surface area contributed by atoms with Gasteiger partial charge in [0.1, 0.15) is 35.7 Å². The molecule has 464 valence electrons. The van der Waals surface area contributed by atoms with Gasteiger partial charge >= 0.3 is 0 Å². The predicted molar refractivity (Wildman–Crippen MR) is 322 cm³/mol. The third-order valence-corrected chi connectivity index (χ3v) is 17.5. The number of sulfonamides is 1. The quantitative estimate of drug-likeness (QED) is 0.0369. The lowest BCUT2D eigenvalue weighted by molar-refractivity contribution is -0.144. The van der Waals surface area contributed by atoms with Crippen molar-refractivity contribution in [3.63, 3.8) is 0 Å². The Labute approximate surface area is 504 Å². The van der Waals surface area contributed by atoms with Crippen molar-refractivity contribution in [2.24, 2.45) is 5.41 Å². The first-order valence-corrected chi connectivity index (χ1v) is 31.4. The number of piperidine rings is 1. The van der Waals surface area contributed by atoms with Gasteiger partial charge in [-0.15, -0.1) is 11.3 Å². The number of carbonyl (C=O) groups is 4. The van der Waals surface area contributed by atoms with Gasteiger partial charge in [-0.05, 0) is 67.0 Å². The van der Waals surface area contributed by atoms with Gasteiger partial charge in [-0.1, -0.05) is 52.0 Å². The number of β-amino-alcohol motifs (C(OH)–C–C–N with tert-alkyl or cyclic N) is 1. The first-order valence-electron chi connectivity index (χ1n) is 28.9. The molecule has 22 nitrogen and oxygen atoms in total. The zero-order chi connectivity index (χ0) is 61.5. The summed E-state index contributed by atoms with van der Waals surface area (Å²) in [6.07, 6.45) is 7.11. The molecule has 86 heavy (non-hydrogen) atoms. The van der Waals surface area contributed by atoms with Crippen LogP contribution in [0.25, 0.3) is 38.3 Å². The fourth-order valence-electron chi connectivity index (χ4n) is 10.4. The van der Waals surface area contributed by atoms with E-state index in [4.69, 9.17) is 23.9 Å². The van der Waals surface area contributed by atoms with E-state index in [9.17, 15) is 32.7 Å². The van der Waals surface area contributed by atoms with E-state index < -0.39 is 62.8 Å². The van der Waals surface area contributed by atoms with E-state index in [-0.39, 0.29) is 88.1 Å². The van der Waals surface area contributed by atoms with Gasteiger partial charge in [0, 0.05) is 81.8 Å². The molecular formula is C60H77F2N11O11S2. The number of hydrogen-bond donors (Lipinski definition) is 4. The van der Waals surface area contributed by atoms with Crippen molar-refractivity contribution in [2.75, 3.05) is 94.9 Å². The van der Waals surface area contributed by atoms with Crippen LogP contribution in [0.2, 0.25) is 0 Å². The normalized spacial score (nSPS) is 16.2. The maximum Gasteiger partial charge on any atom is 0.246 e. The molecule has 2 aliphatic rings. The Hall–Kier alpha value is -7.07. The van der Waals surface area contributed by atoms with Crippen molar-refractivity contribution in [1.82, 2.24) is 44.9 Å². The lowest BCUT2D eigenvalue weighted by Gasteiger charge is -2.37. The van der Waals surface area contributed by atoms with Crippen molar-refractivity contribution in [3.05, 3.63) is 102 Å². The zero-order valence-electron chi connectivity index (χ0n) is 49.4. The van der Waals surface area contributed by atoms with E-state index in [0.717, 1.165) is 33.8 Å². The number of thiazole rings is 1. The van der Waals surface area contributed by atoms with Gasteiger partial charge in [0.15, 0.2) is 5.82 Å². The Bertz CT molecular complexity index is 3380. The fourth-order valence-corrected chi connectivity index (χ4v) is 12.3. The highest BCUT2D eigenvalue weighted by Gasteiger charge is 2.44. The SMILES string of the molecule is CCCS(=O)(=O)Nc1ccc(F)c(-n2cc(-c3cncnc3)c3nc(N(C)C4CCN(C(=O)CCOCCOCCOCCOCCC(=O)NC(C(=O)N5CC(O)CC5C(=O)NCc5ccc(-c6scnc6C)cc5)C(C)(C)C)CC4)ccc32)c1F. The van der Waals surface area contributed by atoms with Gasteiger partial charge in [-0.25, -0.2) is 37.1 Å². The number of carbonyl (C=O) groups excluding carboxylic acids is 4. The molecule has 2 saturated heterocycles. The molecule has 3 atom stereocenters. The van der Waals surface area contributed by atoms with Crippen molar-refractivity contribution in [1.29, 1.82) is 0 Å². The number of aromatic nitrogens is 5. The topological polar surface area (TPSA) is 262 Å². The van der Waals surface area contributed by atoms with E-state index >= 15 is 8.78 Å². The first kappa shape index (κ1) is 64.9. The summed E-state index contributed by atoms with van der Waals surface area (Å²) in [4.78, 5) is 77.6. The fraction of sp³-hybridized carbons (Fsp3) is 0.500. The van der Waals surface area contributed by atoms with Gasteiger partial charge in [-0.2, -0.15) is 0 Å². The Morgan fingerprint density at radius 2 is 1.52 bits per heavy atom. The number of ether oxygens (including phenoxy) is 4. The van der Waals surface area contributed by atoms with E-state index in [1.165, 1.54) is 22.0 Å². The van der Waals surface area contributed by atoms with Crippen LogP contribution in [0.1, 0.15) is 77.5 Å². The third kappa shape index (κ3) is 16.9. The number of amides is 4. The van der Waals surface area contributed by atoms with Gasteiger partial charge in [-0.3, -0.25) is 23.9 Å². The number of anilines is 2. The van der Waals surface area contributed by atoms with Crippen LogP contribution >= 0.6 is 11.3 Å². The van der Waals surface area contributed by atoms with Gasteiger partial charge < -0.3 is 54.0 Å². The molecule has 4 amide bonds. The molecule has 3 unspecified atom stereocenters. The zero-order valence-corrected chi connectivity index (χ0v) is 51.1. The number of hydrogen-bond acceptors (Lipinski definition) is 17.